The molecule has 2 saturated carbocycles. The quantitative estimate of drug-likeness (QED) is 0.708. The SMILES string of the molecule is CCC1CN(C2CCC2)C(=O)CN1C(=O)c1nc2c(C(F)(F)F)cc(C3CC3)cc2n1C. The number of carbonyl (C=O) groups excluding carboxylic acids is 2. The minimum Gasteiger partial charge on any atom is -0.336 e. The van der Waals surface area contributed by atoms with Crippen molar-refractivity contribution in [1.82, 2.24) is 19.4 Å². The van der Waals surface area contributed by atoms with Gasteiger partial charge >= 0.3 is 6.18 Å². The number of aromatic nitrogens is 2. The first-order chi connectivity index (χ1) is 15.2. The number of aryl methyl sites for hydroxylation is 1. The molecule has 1 unspecified atom stereocenters. The average molecular weight is 448 g/mol. The van der Waals surface area contributed by atoms with Gasteiger partial charge in [0.05, 0.1) is 17.1 Å². The van der Waals surface area contributed by atoms with Crippen molar-refractivity contribution >= 4 is 22.8 Å². The van der Waals surface area contributed by atoms with Crippen LogP contribution in [0.2, 0.25) is 0 Å². The van der Waals surface area contributed by atoms with Gasteiger partial charge in [-0.05, 0) is 62.1 Å². The van der Waals surface area contributed by atoms with Crippen LogP contribution in [0.25, 0.3) is 11.0 Å². The zero-order chi connectivity index (χ0) is 22.8. The molecule has 2 aromatic rings. The zero-order valence-corrected chi connectivity index (χ0v) is 18.3. The lowest BCUT2D eigenvalue weighted by Gasteiger charge is -2.46. The number of alkyl halides is 3. The fourth-order valence-corrected chi connectivity index (χ4v) is 4.93. The lowest BCUT2D eigenvalue weighted by molar-refractivity contribution is -0.142. The Morgan fingerprint density at radius 3 is 2.47 bits per heavy atom. The lowest BCUT2D eigenvalue weighted by Crippen LogP contribution is -2.61. The van der Waals surface area contributed by atoms with E-state index < -0.39 is 17.6 Å². The third kappa shape index (κ3) is 3.46. The van der Waals surface area contributed by atoms with Gasteiger partial charge in [0, 0.05) is 19.6 Å². The maximum atomic E-state index is 13.8. The second-order valence-corrected chi connectivity index (χ2v) is 9.33. The molecule has 3 fully saturated rings. The Balaban J connectivity index is 1.52. The highest BCUT2D eigenvalue weighted by Gasteiger charge is 2.41. The first-order valence-corrected chi connectivity index (χ1v) is 11.4. The van der Waals surface area contributed by atoms with Crippen LogP contribution in [-0.4, -0.2) is 56.3 Å². The van der Waals surface area contributed by atoms with Gasteiger partial charge in [-0.2, -0.15) is 13.2 Å². The summed E-state index contributed by atoms with van der Waals surface area (Å²) in [7, 11) is 1.58. The molecule has 1 saturated heterocycles. The van der Waals surface area contributed by atoms with Crippen molar-refractivity contribution in [3.05, 3.63) is 29.1 Å². The van der Waals surface area contributed by atoms with Crippen LogP contribution in [-0.2, 0) is 18.0 Å². The number of piperazine rings is 1. The number of hydrogen-bond donors (Lipinski definition) is 0. The fraction of sp³-hybridized carbons (Fsp3) is 0.609. The topological polar surface area (TPSA) is 58.4 Å². The van der Waals surface area contributed by atoms with Gasteiger partial charge in [-0.1, -0.05) is 6.92 Å². The summed E-state index contributed by atoms with van der Waals surface area (Å²) in [6.07, 6.45) is 0.933. The molecular formula is C23H27F3N4O2. The summed E-state index contributed by atoms with van der Waals surface area (Å²) >= 11 is 0. The molecule has 6 nitrogen and oxygen atoms in total. The summed E-state index contributed by atoms with van der Waals surface area (Å²) in [6, 6.07) is 2.98. The van der Waals surface area contributed by atoms with E-state index in [0.29, 0.717) is 24.0 Å². The molecule has 9 heteroatoms. The van der Waals surface area contributed by atoms with E-state index in [2.05, 4.69) is 4.98 Å². The van der Waals surface area contributed by atoms with E-state index in [0.717, 1.165) is 32.1 Å². The monoisotopic (exact) mass is 448 g/mol. The number of benzene rings is 1. The molecule has 1 atom stereocenters. The molecular weight excluding hydrogens is 421 g/mol. The number of rotatable bonds is 4. The minimum absolute atomic E-state index is 0.0539. The van der Waals surface area contributed by atoms with Gasteiger partial charge < -0.3 is 14.4 Å². The second kappa shape index (κ2) is 7.49. The number of hydrogen-bond acceptors (Lipinski definition) is 3. The van der Waals surface area contributed by atoms with Gasteiger partial charge in [-0.3, -0.25) is 9.59 Å². The van der Waals surface area contributed by atoms with Gasteiger partial charge in [-0.25, -0.2) is 4.98 Å². The Morgan fingerprint density at radius 2 is 1.91 bits per heavy atom. The highest BCUT2D eigenvalue weighted by molar-refractivity contribution is 5.98. The molecule has 0 bridgehead atoms. The number of carbonyl (C=O) groups is 2. The van der Waals surface area contributed by atoms with Crippen LogP contribution in [0.3, 0.4) is 0 Å². The lowest BCUT2D eigenvalue weighted by atomic mass is 9.90. The standard InChI is InChI=1S/C23H27F3N4O2/c1-3-15-11-29(16-5-4-6-16)19(31)12-30(15)22(32)21-27-20-17(23(24,25)26)9-14(13-7-8-13)10-18(20)28(21)2/h9-10,13,15-16H,3-8,11-12H2,1-2H3. The van der Waals surface area contributed by atoms with E-state index in [1.165, 1.54) is 15.5 Å². The second-order valence-electron chi connectivity index (χ2n) is 9.33. The first kappa shape index (κ1) is 21.3. The van der Waals surface area contributed by atoms with Crippen LogP contribution < -0.4 is 0 Å². The summed E-state index contributed by atoms with van der Waals surface area (Å²) in [5.74, 6) is -0.505. The first-order valence-electron chi connectivity index (χ1n) is 11.4. The predicted octanol–water partition coefficient (Wildman–Crippen LogP) is 4.09. The van der Waals surface area contributed by atoms with E-state index in [4.69, 9.17) is 0 Å². The highest BCUT2D eigenvalue weighted by Crippen LogP contribution is 2.44. The van der Waals surface area contributed by atoms with Crippen LogP contribution in [0.4, 0.5) is 13.2 Å². The van der Waals surface area contributed by atoms with Gasteiger partial charge in [0.1, 0.15) is 12.1 Å². The van der Waals surface area contributed by atoms with E-state index in [-0.39, 0.29) is 41.8 Å². The van der Waals surface area contributed by atoms with Crippen molar-refractivity contribution in [3.63, 3.8) is 0 Å². The summed E-state index contributed by atoms with van der Waals surface area (Å²) < 4.78 is 42.9. The fourth-order valence-electron chi connectivity index (χ4n) is 4.93. The molecule has 1 aromatic carbocycles. The summed E-state index contributed by atoms with van der Waals surface area (Å²) in [5, 5.41) is 0. The maximum Gasteiger partial charge on any atom is 0.418 e. The molecule has 3 aliphatic rings. The molecule has 172 valence electrons. The van der Waals surface area contributed by atoms with Crippen molar-refractivity contribution in [2.45, 2.75) is 69.6 Å². The Hall–Kier alpha value is -2.58. The van der Waals surface area contributed by atoms with Crippen LogP contribution in [0.5, 0.6) is 0 Å². The number of imidazole rings is 1. The number of amides is 2. The van der Waals surface area contributed by atoms with Crippen molar-refractivity contribution in [2.75, 3.05) is 13.1 Å². The minimum atomic E-state index is -4.56. The van der Waals surface area contributed by atoms with Crippen LogP contribution in [0, 0.1) is 0 Å². The average Bonchev–Trinajstić information content (AvgIpc) is 3.50. The Bertz CT molecular complexity index is 1090. The summed E-state index contributed by atoms with van der Waals surface area (Å²) in [5.41, 5.74) is -0.0650. The Labute approximate surface area is 184 Å². The number of nitrogens with zero attached hydrogens (tertiary/aromatic N) is 4. The van der Waals surface area contributed by atoms with Crippen LogP contribution >= 0.6 is 0 Å². The van der Waals surface area contributed by atoms with Gasteiger partial charge in [0.15, 0.2) is 5.82 Å². The molecule has 0 spiro atoms. The molecule has 32 heavy (non-hydrogen) atoms. The number of halogens is 3. The molecule has 0 N–H and O–H groups in total. The van der Waals surface area contributed by atoms with Gasteiger partial charge in [0.25, 0.3) is 5.91 Å². The Morgan fingerprint density at radius 1 is 1.19 bits per heavy atom. The summed E-state index contributed by atoms with van der Waals surface area (Å²) in [4.78, 5) is 33.8. The highest BCUT2D eigenvalue weighted by atomic mass is 19.4. The van der Waals surface area contributed by atoms with Gasteiger partial charge in [0.2, 0.25) is 5.91 Å². The van der Waals surface area contributed by atoms with E-state index in [9.17, 15) is 22.8 Å². The molecule has 5 rings (SSSR count). The molecule has 2 heterocycles. The van der Waals surface area contributed by atoms with Crippen molar-refractivity contribution in [3.8, 4) is 0 Å². The zero-order valence-electron chi connectivity index (χ0n) is 18.3. The summed E-state index contributed by atoms with van der Waals surface area (Å²) in [6.45, 7) is 2.37. The molecule has 2 amide bonds. The van der Waals surface area contributed by atoms with E-state index in [1.807, 2.05) is 11.8 Å². The molecule has 2 aliphatic carbocycles. The largest absolute Gasteiger partial charge is 0.418 e. The third-order valence-electron chi connectivity index (χ3n) is 7.28. The molecule has 1 aromatic heterocycles. The number of fused-ring (bicyclic) bond motifs is 1. The predicted molar refractivity (Wildman–Crippen MR) is 112 cm³/mol. The Kier molecular flexibility index (Phi) is 4.98. The van der Waals surface area contributed by atoms with Crippen molar-refractivity contribution in [2.24, 2.45) is 7.05 Å². The van der Waals surface area contributed by atoms with Crippen molar-refractivity contribution < 1.29 is 22.8 Å². The van der Waals surface area contributed by atoms with E-state index in [1.54, 1.807) is 13.1 Å². The molecule has 0 radical (unpaired) electrons. The van der Waals surface area contributed by atoms with Gasteiger partial charge in [-0.15, -0.1) is 0 Å². The normalized spacial score (nSPS) is 22.5. The maximum absolute atomic E-state index is 13.8. The smallest absolute Gasteiger partial charge is 0.336 e. The van der Waals surface area contributed by atoms with Crippen molar-refractivity contribution in [1.29, 1.82) is 0 Å². The van der Waals surface area contributed by atoms with Crippen LogP contribution in [0.15, 0.2) is 12.1 Å². The molecule has 1 aliphatic heterocycles. The van der Waals surface area contributed by atoms with E-state index >= 15 is 0 Å². The van der Waals surface area contributed by atoms with Crippen LogP contribution in [0.1, 0.15) is 73.1 Å². The third-order valence-corrected chi connectivity index (χ3v) is 7.28.